The van der Waals surface area contributed by atoms with Gasteiger partial charge < -0.3 is 5.32 Å². The molecule has 0 atom stereocenters. The number of anilines is 1. The van der Waals surface area contributed by atoms with Crippen LogP contribution in [0.2, 0.25) is 0 Å². The van der Waals surface area contributed by atoms with Crippen molar-refractivity contribution in [3.63, 3.8) is 0 Å². The Balaban J connectivity index is 2.46. The fraction of sp³-hybridized carbons (Fsp3) is 0.111. The second-order valence-electron chi connectivity index (χ2n) is 2.90. The standard InChI is InChI=1S/C9H8N4O2S/c1-10-9-8(11-4-5-12-9)6-2-3-7(16-6)13(14)15/h2-5H,1H3,(H,10,12). The van der Waals surface area contributed by atoms with E-state index >= 15 is 0 Å². The first kappa shape index (κ1) is 10.5. The fourth-order valence-corrected chi connectivity index (χ4v) is 2.07. The van der Waals surface area contributed by atoms with Crippen LogP contribution < -0.4 is 5.32 Å². The van der Waals surface area contributed by atoms with E-state index in [1.54, 1.807) is 25.5 Å². The summed E-state index contributed by atoms with van der Waals surface area (Å²) in [6.45, 7) is 0. The summed E-state index contributed by atoms with van der Waals surface area (Å²) < 4.78 is 0. The van der Waals surface area contributed by atoms with Gasteiger partial charge in [-0.2, -0.15) is 0 Å². The summed E-state index contributed by atoms with van der Waals surface area (Å²) in [5, 5.41) is 13.6. The predicted molar refractivity (Wildman–Crippen MR) is 61.5 cm³/mol. The summed E-state index contributed by atoms with van der Waals surface area (Å²) in [4.78, 5) is 19.1. The Bertz CT molecular complexity index is 526. The lowest BCUT2D eigenvalue weighted by molar-refractivity contribution is -0.380. The molecule has 0 fully saturated rings. The molecule has 0 unspecified atom stereocenters. The van der Waals surface area contributed by atoms with Crippen LogP contribution >= 0.6 is 11.3 Å². The van der Waals surface area contributed by atoms with Crippen LogP contribution in [0.25, 0.3) is 10.6 Å². The second-order valence-corrected chi connectivity index (χ2v) is 3.96. The lowest BCUT2D eigenvalue weighted by atomic mass is 10.3. The quantitative estimate of drug-likeness (QED) is 0.652. The fourth-order valence-electron chi connectivity index (χ4n) is 1.25. The number of aromatic nitrogens is 2. The third kappa shape index (κ3) is 1.84. The molecule has 0 spiro atoms. The smallest absolute Gasteiger partial charge is 0.324 e. The summed E-state index contributed by atoms with van der Waals surface area (Å²) in [7, 11) is 1.73. The van der Waals surface area contributed by atoms with Crippen molar-refractivity contribution < 1.29 is 4.92 Å². The van der Waals surface area contributed by atoms with Gasteiger partial charge in [-0.15, -0.1) is 0 Å². The largest absolute Gasteiger partial charge is 0.371 e. The minimum Gasteiger partial charge on any atom is -0.371 e. The third-order valence-electron chi connectivity index (χ3n) is 1.94. The first-order valence-electron chi connectivity index (χ1n) is 4.45. The van der Waals surface area contributed by atoms with E-state index in [1.807, 2.05) is 0 Å². The average molecular weight is 236 g/mol. The van der Waals surface area contributed by atoms with Crippen molar-refractivity contribution in [2.75, 3.05) is 12.4 Å². The van der Waals surface area contributed by atoms with Crippen molar-refractivity contribution in [3.05, 3.63) is 34.6 Å². The van der Waals surface area contributed by atoms with Crippen molar-refractivity contribution in [1.29, 1.82) is 0 Å². The zero-order valence-electron chi connectivity index (χ0n) is 8.38. The first-order valence-corrected chi connectivity index (χ1v) is 5.27. The van der Waals surface area contributed by atoms with Crippen molar-refractivity contribution in [1.82, 2.24) is 9.97 Å². The van der Waals surface area contributed by atoms with E-state index < -0.39 is 4.92 Å². The maximum absolute atomic E-state index is 10.6. The topological polar surface area (TPSA) is 81.0 Å². The van der Waals surface area contributed by atoms with Gasteiger partial charge in [-0.05, 0) is 6.07 Å². The first-order chi connectivity index (χ1) is 7.72. The number of hydrogen-bond donors (Lipinski definition) is 1. The minimum absolute atomic E-state index is 0.0997. The maximum atomic E-state index is 10.6. The SMILES string of the molecule is CNc1nccnc1-c1ccc([N+](=O)[O-])s1. The molecule has 2 aromatic heterocycles. The molecule has 0 aromatic carbocycles. The molecular formula is C9H8N4O2S. The normalized spacial score (nSPS) is 10.1. The third-order valence-corrected chi connectivity index (χ3v) is 2.98. The molecule has 0 aliphatic heterocycles. The molecule has 6 nitrogen and oxygen atoms in total. The zero-order valence-corrected chi connectivity index (χ0v) is 9.19. The molecule has 0 aliphatic rings. The van der Waals surface area contributed by atoms with E-state index in [0.717, 1.165) is 16.2 Å². The maximum Gasteiger partial charge on any atom is 0.324 e. The summed E-state index contributed by atoms with van der Waals surface area (Å²) in [5.74, 6) is 0.610. The van der Waals surface area contributed by atoms with Crippen LogP contribution in [-0.4, -0.2) is 21.9 Å². The van der Waals surface area contributed by atoms with Crippen LogP contribution in [0.15, 0.2) is 24.5 Å². The summed E-state index contributed by atoms with van der Waals surface area (Å²) in [6, 6.07) is 3.14. The zero-order chi connectivity index (χ0) is 11.5. The molecule has 2 rings (SSSR count). The highest BCUT2D eigenvalue weighted by Gasteiger charge is 2.14. The molecule has 0 aliphatic carbocycles. The highest BCUT2D eigenvalue weighted by atomic mass is 32.1. The van der Waals surface area contributed by atoms with Gasteiger partial charge in [0.2, 0.25) is 0 Å². The van der Waals surface area contributed by atoms with Crippen LogP contribution in [0.4, 0.5) is 10.8 Å². The number of rotatable bonds is 3. The van der Waals surface area contributed by atoms with Crippen molar-refractivity contribution in [2.24, 2.45) is 0 Å². The molecule has 0 amide bonds. The van der Waals surface area contributed by atoms with Gasteiger partial charge in [0.1, 0.15) is 5.69 Å². The number of thiophene rings is 1. The molecular weight excluding hydrogens is 228 g/mol. The molecule has 7 heteroatoms. The summed E-state index contributed by atoms with van der Waals surface area (Å²) in [6.07, 6.45) is 3.12. The number of nitrogens with zero attached hydrogens (tertiary/aromatic N) is 3. The second kappa shape index (κ2) is 4.23. The van der Waals surface area contributed by atoms with Crippen LogP contribution in [0.5, 0.6) is 0 Å². The molecule has 1 N–H and O–H groups in total. The minimum atomic E-state index is -0.413. The Hall–Kier alpha value is -2.02. The summed E-state index contributed by atoms with van der Waals surface area (Å²) >= 11 is 1.08. The highest BCUT2D eigenvalue weighted by molar-refractivity contribution is 7.18. The van der Waals surface area contributed by atoms with Crippen molar-refractivity contribution in [3.8, 4) is 10.6 Å². The Morgan fingerprint density at radius 3 is 2.75 bits per heavy atom. The van der Waals surface area contributed by atoms with Gasteiger partial charge in [0.15, 0.2) is 5.82 Å². The van der Waals surface area contributed by atoms with E-state index in [2.05, 4.69) is 15.3 Å². The van der Waals surface area contributed by atoms with E-state index in [4.69, 9.17) is 0 Å². The molecule has 82 valence electrons. The average Bonchev–Trinajstić information content (AvgIpc) is 2.78. The highest BCUT2D eigenvalue weighted by Crippen LogP contribution is 2.33. The van der Waals surface area contributed by atoms with Gasteiger partial charge in [-0.25, -0.2) is 9.97 Å². The van der Waals surface area contributed by atoms with Crippen LogP contribution in [0.1, 0.15) is 0 Å². The number of hydrogen-bond acceptors (Lipinski definition) is 6. The molecule has 16 heavy (non-hydrogen) atoms. The molecule has 0 saturated heterocycles. The number of nitrogens with one attached hydrogen (secondary N) is 1. The monoisotopic (exact) mass is 236 g/mol. The van der Waals surface area contributed by atoms with E-state index in [-0.39, 0.29) is 5.00 Å². The predicted octanol–water partition coefficient (Wildman–Crippen LogP) is 2.16. The van der Waals surface area contributed by atoms with Crippen LogP contribution in [0, 0.1) is 10.1 Å². The van der Waals surface area contributed by atoms with Crippen LogP contribution in [0.3, 0.4) is 0 Å². The Labute approximate surface area is 95.1 Å². The van der Waals surface area contributed by atoms with E-state index in [1.165, 1.54) is 6.07 Å². The van der Waals surface area contributed by atoms with Gasteiger partial charge in [0.05, 0.1) is 9.80 Å². The lowest BCUT2D eigenvalue weighted by Gasteiger charge is -2.02. The van der Waals surface area contributed by atoms with E-state index in [0.29, 0.717) is 11.5 Å². The van der Waals surface area contributed by atoms with Gasteiger partial charge in [-0.3, -0.25) is 10.1 Å². The molecule has 0 saturated carbocycles. The molecule has 0 radical (unpaired) electrons. The lowest BCUT2D eigenvalue weighted by Crippen LogP contribution is -1.95. The van der Waals surface area contributed by atoms with E-state index in [9.17, 15) is 10.1 Å². The summed E-state index contributed by atoms with van der Waals surface area (Å²) in [5.41, 5.74) is 0.628. The van der Waals surface area contributed by atoms with Gasteiger partial charge in [0, 0.05) is 25.5 Å². The van der Waals surface area contributed by atoms with Crippen molar-refractivity contribution >= 4 is 22.2 Å². The van der Waals surface area contributed by atoms with Gasteiger partial charge >= 0.3 is 5.00 Å². The molecule has 0 bridgehead atoms. The molecule has 2 aromatic rings. The Morgan fingerprint density at radius 2 is 2.12 bits per heavy atom. The van der Waals surface area contributed by atoms with Gasteiger partial charge in [0.25, 0.3) is 0 Å². The van der Waals surface area contributed by atoms with Gasteiger partial charge in [-0.1, -0.05) is 11.3 Å². The molecule has 2 heterocycles. The number of nitro groups is 1. The Kier molecular flexibility index (Phi) is 2.78. The Morgan fingerprint density at radius 1 is 1.38 bits per heavy atom. The van der Waals surface area contributed by atoms with Crippen LogP contribution in [-0.2, 0) is 0 Å². The van der Waals surface area contributed by atoms with Crippen molar-refractivity contribution in [2.45, 2.75) is 0 Å².